The predicted molar refractivity (Wildman–Crippen MR) is 172 cm³/mol. The number of nitrogens with one attached hydrogen (secondary N) is 1. The van der Waals surface area contributed by atoms with Gasteiger partial charge in [0.15, 0.2) is 11.5 Å². The third kappa shape index (κ3) is 6.34. The first-order valence-electron chi connectivity index (χ1n) is 14.1. The highest BCUT2D eigenvalue weighted by Gasteiger charge is 2.24. The van der Waals surface area contributed by atoms with E-state index in [0.29, 0.717) is 29.7 Å². The molecule has 0 aliphatic carbocycles. The van der Waals surface area contributed by atoms with E-state index < -0.39 is 0 Å². The van der Waals surface area contributed by atoms with Gasteiger partial charge in [-0.25, -0.2) is 4.98 Å². The first-order valence-corrected chi connectivity index (χ1v) is 14.1. The maximum absolute atomic E-state index is 13.8. The number of hydrogen-bond donors (Lipinski definition) is 1. The standard InChI is InChI=1S/C37H31N3O3/c1-40(2)30-22-20-28(21-23-30)35-34(39-37(43-35)33-19-10-9-18-32(33)27-14-7-4-8-15-27)36(41)38-29-16-11-17-31(24-29)42-25-26-12-5-3-6-13-26/h3-24H,25H2,1-2H3,(H,38,41). The zero-order valence-corrected chi connectivity index (χ0v) is 24.0. The van der Waals surface area contributed by atoms with Gasteiger partial charge in [0.05, 0.1) is 0 Å². The number of nitrogens with zero attached hydrogens (tertiary/aromatic N) is 2. The number of anilines is 2. The smallest absolute Gasteiger partial charge is 0.278 e. The minimum atomic E-state index is -0.376. The quantitative estimate of drug-likeness (QED) is 0.190. The topological polar surface area (TPSA) is 67.6 Å². The van der Waals surface area contributed by atoms with E-state index in [4.69, 9.17) is 14.1 Å². The fourth-order valence-corrected chi connectivity index (χ4v) is 4.83. The van der Waals surface area contributed by atoms with Crippen LogP contribution in [0.25, 0.3) is 33.9 Å². The number of rotatable bonds is 9. The van der Waals surface area contributed by atoms with Crippen LogP contribution in [0.3, 0.4) is 0 Å². The Balaban J connectivity index is 1.34. The summed E-state index contributed by atoms with van der Waals surface area (Å²) in [5.74, 6) is 1.05. The summed E-state index contributed by atoms with van der Waals surface area (Å²) in [5.41, 5.74) is 6.45. The molecule has 0 spiro atoms. The minimum absolute atomic E-state index is 0.200. The Morgan fingerprint density at radius 2 is 1.42 bits per heavy atom. The molecule has 6 aromatic rings. The zero-order chi connectivity index (χ0) is 29.6. The molecule has 0 saturated heterocycles. The van der Waals surface area contributed by atoms with Crippen LogP contribution in [0.1, 0.15) is 16.1 Å². The number of benzene rings is 5. The number of ether oxygens (including phenoxy) is 1. The third-order valence-electron chi connectivity index (χ3n) is 7.07. The highest BCUT2D eigenvalue weighted by atomic mass is 16.5. The molecule has 6 heteroatoms. The average Bonchev–Trinajstić information content (AvgIpc) is 3.51. The number of hydrogen-bond acceptors (Lipinski definition) is 5. The molecule has 6 rings (SSSR count). The Bertz CT molecular complexity index is 1830. The summed E-state index contributed by atoms with van der Waals surface area (Å²) < 4.78 is 12.4. The molecule has 0 fully saturated rings. The molecule has 0 aliphatic rings. The summed E-state index contributed by atoms with van der Waals surface area (Å²) in [6, 6.07) is 43.1. The van der Waals surface area contributed by atoms with E-state index in [1.807, 2.05) is 146 Å². The van der Waals surface area contributed by atoms with Crippen molar-refractivity contribution in [2.24, 2.45) is 0 Å². The molecule has 1 amide bonds. The summed E-state index contributed by atoms with van der Waals surface area (Å²) in [7, 11) is 3.97. The van der Waals surface area contributed by atoms with Gasteiger partial charge in [-0.15, -0.1) is 0 Å². The summed E-state index contributed by atoms with van der Waals surface area (Å²) in [6.45, 7) is 0.429. The largest absolute Gasteiger partial charge is 0.489 e. The highest BCUT2D eigenvalue weighted by molar-refractivity contribution is 6.07. The molecular formula is C37H31N3O3. The van der Waals surface area contributed by atoms with Crippen molar-refractivity contribution in [3.05, 3.63) is 145 Å². The number of oxazole rings is 1. The van der Waals surface area contributed by atoms with Crippen molar-refractivity contribution in [2.75, 3.05) is 24.3 Å². The van der Waals surface area contributed by atoms with Crippen LogP contribution < -0.4 is 15.0 Å². The van der Waals surface area contributed by atoms with Crippen LogP contribution in [0.15, 0.2) is 138 Å². The summed E-state index contributed by atoms with van der Waals surface area (Å²) >= 11 is 0. The van der Waals surface area contributed by atoms with Gasteiger partial charge in [0.25, 0.3) is 5.91 Å². The lowest BCUT2D eigenvalue weighted by molar-refractivity contribution is 0.102. The van der Waals surface area contributed by atoms with Crippen molar-refractivity contribution >= 4 is 17.3 Å². The number of carbonyl (C=O) groups is 1. The van der Waals surface area contributed by atoms with Crippen molar-refractivity contribution in [1.29, 1.82) is 0 Å². The molecule has 1 N–H and O–H groups in total. The van der Waals surface area contributed by atoms with Gasteiger partial charge < -0.3 is 19.4 Å². The fourth-order valence-electron chi connectivity index (χ4n) is 4.83. The normalized spacial score (nSPS) is 10.7. The van der Waals surface area contributed by atoms with Crippen molar-refractivity contribution in [3.8, 4) is 39.7 Å². The molecule has 212 valence electrons. The van der Waals surface area contributed by atoms with Gasteiger partial charge >= 0.3 is 0 Å². The summed E-state index contributed by atoms with van der Waals surface area (Å²) in [5, 5.41) is 3.00. The number of carbonyl (C=O) groups excluding carboxylic acids is 1. The second-order valence-electron chi connectivity index (χ2n) is 10.3. The fraction of sp³-hybridized carbons (Fsp3) is 0.0811. The lowest BCUT2D eigenvalue weighted by atomic mass is 10.00. The molecule has 0 unspecified atom stereocenters. The highest BCUT2D eigenvalue weighted by Crippen LogP contribution is 2.36. The van der Waals surface area contributed by atoms with Crippen LogP contribution in [-0.4, -0.2) is 25.0 Å². The van der Waals surface area contributed by atoms with Gasteiger partial charge in [0.2, 0.25) is 5.89 Å². The van der Waals surface area contributed by atoms with Crippen LogP contribution in [0, 0.1) is 0 Å². The van der Waals surface area contributed by atoms with E-state index in [9.17, 15) is 4.79 Å². The lowest BCUT2D eigenvalue weighted by Crippen LogP contribution is -2.13. The van der Waals surface area contributed by atoms with Crippen molar-refractivity contribution in [2.45, 2.75) is 6.61 Å². The lowest BCUT2D eigenvalue weighted by Gasteiger charge is -2.12. The number of amides is 1. The van der Waals surface area contributed by atoms with Crippen molar-refractivity contribution in [3.63, 3.8) is 0 Å². The van der Waals surface area contributed by atoms with Gasteiger partial charge in [-0.1, -0.05) is 84.9 Å². The Morgan fingerprint density at radius 1 is 0.744 bits per heavy atom. The van der Waals surface area contributed by atoms with Crippen LogP contribution in [0.2, 0.25) is 0 Å². The van der Waals surface area contributed by atoms with Crippen LogP contribution in [-0.2, 0) is 6.61 Å². The monoisotopic (exact) mass is 565 g/mol. The predicted octanol–water partition coefficient (Wildman–Crippen LogP) is 8.57. The minimum Gasteiger partial charge on any atom is -0.489 e. The molecular weight excluding hydrogens is 534 g/mol. The molecule has 1 aromatic heterocycles. The molecule has 43 heavy (non-hydrogen) atoms. The summed E-state index contributed by atoms with van der Waals surface area (Å²) in [6.07, 6.45) is 0. The Kier molecular flexibility index (Phi) is 8.00. The first-order chi connectivity index (χ1) is 21.0. The van der Waals surface area contributed by atoms with Crippen LogP contribution in [0.4, 0.5) is 11.4 Å². The van der Waals surface area contributed by atoms with Gasteiger partial charge in [-0.3, -0.25) is 4.79 Å². The van der Waals surface area contributed by atoms with Gasteiger partial charge in [0.1, 0.15) is 12.4 Å². The summed E-state index contributed by atoms with van der Waals surface area (Å²) in [4.78, 5) is 20.6. The number of aromatic nitrogens is 1. The molecule has 5 aromatic carbocycles. The SMILES string of the molecule is CN(C)c1ccc(-c2oc(-c3ccccc3-c3ccccc3)nc2C(=O)Nc2cccc(OCc3ccccc3)c2)cc1. The first kappa shape index (κ1) is 27.5. The van der Waals surface area contributed by atoms with Crippen LogP contribution >= 0.6 is 0 Å². The van der Waals surface area contributed by atoms with Gasteiger partial charge in [-0.05, 0) is 59.2 Å². The van der Waals surface area contributed by atoms with Gasteiger partial charge in [-0.2, -0.15) is 0 Å². The Hall–Kier alpha value is -5.62. The van der Waals surface area contributed by atoms with Crippen molar-refractivity contribution < 1.29 is 13.9 Å². The third-order valence-corrected chi connectivity index (χ3v) is 7.07. The molecule has 0 atom stereocenters. The average molecular weight is 566 g/mol. The van der Waals surface area contributed by atoms with E-state index in [1.165, 1.54) is 0 Å². The van der Waals surface area contributed by atoms with E-state index in [2.05, 4.69) is 5.32 Å². The molecule has 1 heterocycles. The van der Waals surface area contributed by atoms with Crippen molar-refractivity contribution in [1.82, 2.24) is 4.98 Å². The Labute approximate surface area is 251 Å². The maximum atomic E-state index is 13.8. The molecule has 6 nitrogen and oxygen atoms in total. The van der Waals surface area contributed by atoms with E-state index >= 15 is 0 Å². The molecule has 0 radical (unpaired) electrons. The van der Waals surface area contributed by atoms with E-state index in [0.717, 1.165) is 33.5 Å². The van der Waals surface area contributed by atoms with E-state index in [-0.39, 0.29) is 11.6 Å². The second-order valence-corrected chi connectivity index (χ2v) is 10.3. The molecule has 0 aliphatic heterocycles. The zero-order valence-electron chi connectivity index (χ0n) is 24.0. The van der Waals surface area contributed by atoms with Crippen LogP contribution in [0.5, 0.6) is 5.75 Å². The second kappa shape index (κ2) is 12.5. The molecule has 0 saturated carbocycles. The maximum Gasteiger partial charge on any atom is 0.278 e. The molecule has 0 bridgehead atoms. The van der Waals surface area contributed by atoms with E-state index in [1.54, 1.807) is 6.07 Å². The Morgan fingerprint density at radius 3 is 2.14 bits per heavy atom. The van der Waals surface area contributed by atoms with Gasteiger partial charge in [0, 0.05) is 42.7 Å².